The quantitative estimate of drug-likeness (QED) is 0.0333. The van der Waals surface area contributed by atoms with Gasteiger partial charge in [0.25, 0.3) is 0 Å². The molecule has 210 valence electrons. The van der Waals surface area contributed by atoms with E-state index >= 15 is 0 Å². The van der Waals surface area contributed by atoms with Crippen LogP contribution >= 0.6 is 12.6 Å². The molecule has 0 aromatic carbocycles. The lowest BCUT2D eigenvalue weighted by molar-refractivity contribution is -0.141. The van der Waals surface area contributed by atoms with E-state index in [4.69, 9.17) is 33.8 Å². The lowest BCUT2D eigenvalue weighted by Crippen LogP contribution is -2.57. The first kappa shape index (κ1) is 33.2. The number of aliphatic imine (C=N–C) groups is 2. The topological polar surface area (TPSA) is 317 Å². The van der Waals surface area contributed by atoms with E-state index in [9.17, 15) is 29.1 Å². The normalized spacial score (nSPS) is 13.7. The Labute approximate surface area is 218 Å². The van der Waals surface area contributed by atoms with Crippen LogP contribution in [0.5, 0.6) is 0 Å². The number of rotatable bonds is 18. The number of carboxylic acid groups (broad SMARTS) is 2. The predicted octanol–water partition coefficient (Wildman–Crippen LogP) is -4.64. The third-order valence-electron chi connectivity index (χ3n) is 4.69. The van der Waals surface area contributed by atoms with E-state index in [-0.39, 0.29) is 56.4 Å². The molecule has 0 fully saturated rings. The van der Waals surface area contributed by atoms with Gasteiger partial charge in [0.05, 0.1) is 12.5 Å². The fourth-order valence-corrected chi connectivity index (χ4v) is 3.08. The summed E-state index contributed by atoms with van der Waals surface area (Å²) in [5.41, 5.74) is 26.7. The Hall–Kier alpha value is -3.80. The van der Waals surface area contributed by atoms with Crippen LogP contribution in [0.15, 0.2) is 9.98 Å². The summed E-state index contributed by atoms with van der Waals surface area (Å²) in [5, 5.41) is 25.2. The molecule has 15 N–H and O–H groups in total. The number of hydrogen-bond donors (Lipinski definition) is 11. The van der Waals surface area contributed by atoms with E-state index in [0.717, 1.165) is 0 Å². The zero-order valence-corrected chi connectivity index (χ0v) is 21.0. The zero-order chi connectivity index (χ0) is 28.5. The molecule has 4 unspecified atom stereocenters. The maximum Gasteiger partial charge on any atom is 0.327 e. The van der Waals surface area contributed by atoms with Crippen LogP contribution in [-0.2, 0) is 24.0 Å². The number of hydrogen-bond acceptors (Lipinski definition) is 9. The van der Waals surface area contributed by atoms with E-state index in [1.54, 1.807) is 0 Å². The van der Waals surface area contributed by atoms with Crippen LogP contribution in [0, 0.1) is 0 Å². The van der Waals surface area contributed by atoms with Crippen molar-refractivity contribution in [2.75, 3.05) is 18.8 Å². The smallest absolute Gasteiger partial charge is 0.327 e. The Morgan fingerprint density at radius 3 is 1.49 bits per heavy atom. The van der Waals surface area contributed by atoms with Crippen molar-refractivity contribution in [3.63, 3.8) is 0 Å². The molecule has 0 aliphatic carbocycles. The number of guanidine groups is 2. The van der Waals surface area contributed by atoms with E-state index in [1.165, 1.54) is 0 Å². The maximum absolute atomic E-state index is 13.0. The highest BCUT2D eigenvalue weighted by Gasteiger charge is 2.30. The lowest BCUT2D eigenvalue weighted by atomic mass is 10.1. The van der Waals surface area contributed by atoms with Crippen molar-refractivity contribution in [2.45, 2.75) is 56.3 Å². The molecule has 0 rings (SSSR count). The van der Waals surface area contributed by atoms with Crippen molar-refractivity contribution in [3.05, 3.63) is 0 Å². The van der Waals surface area contributed by atoms with Crippen LogP contribution in [0.3, 0.4) is 0 Å². The molecule has 3 amide bonds. The second-order valence-corrected chi connectivity index (χ2v) is 8.17. The highest BCUT2D eigenvalue weighted by molar-refractivity contribution is 7.80. The molecule has 0 aromatic rings. The van der Waals surface area contributed by atoms with E-state index in [0.29, 0.717) is 0 Å². The number of nitrogens with zero attached hydrogens (tertiary/aromatic N) is 2. The Balaban J connectivity index is 5.66. The summed E-state index contributed by atoms with van der Waals surface area (Å²) >= 11 is 3.89. The number of amides is 3. The van der Waals surface area contributed by atoms with Crippen LogP contribution < -0.4 is 44.6 Å². The van der Waals surface area contributed by atoms with Gasteiger partial charge in [-0.1, -0.05) is 0 Å². The zero-order valence-electron chi connectivity index (χ0n) is 20.1. The number of carbonyl (C=O) groups is 5. The summed E-state index contributed by atoms with van der Waals surface area (Å²) in [6, 6.07) is -5.23. The molecule has 0 saturated heterocycles. The first-order chi connectivity index (χ1) is 17.3. The van der Waals surface area contributed by atoms with Gasteiger partial charge in [-0.25, -0.2) is 4.79 Å². The molecule has 0 bridgehead atoms. The largest absolute Gasteiger partial charge is 0.481 e. The molecule has 18 heteroatoms. The molecule has 17 nitrogen and oxygen atoms in total. The van der Waals surface area contributed by atoms with E-state index in [2.05, 4.69) is 38.6 Å². The van der Waals surface area contributed by atoms with Gasteiger partial charge in [0.2, 0.25) is 17.7 Å². The third kappa shape index (κ3) is 15.0. The lowest BCUT2D eigenvalue weighted by Gasteiger charge is -2.25. The summed E-state index contributed by atoms with van der Waals surface area (Å²) in [6.45, 7) is 0.244. The fraction of sp³-hybridized carbons (Fsp3) is 0.632. The summed E-state index contributed by atoms with van der Waals surface area (Å²) < 4.78 is 0. The minimum absolute atomic E-state index is 0.00484. The average molecular weight is 549 g/mol. The van der Waals surface area contributed by atoms with Gasteiger partial charge in [-0.2, -0.15) is 12.6 Å². The maximum atomic E-state index is 13.0. The highest BCUT2D eigenvalue weighted by Crippen LogP contribution is 2.05. The van der Waals surface area contributed by atoms with Gasteiger partial charge < -0.3 is 54.8 Å². The molecule has 0 heterocycles. The summed E-state index contributed by atoms with van der Waals surface area (Å²) in [4.78, 5) is 67.9. The fourth-order valence-electron chi connectivity index (χ4n) is 2.83. The monoisotopic (exact) mass is 548 g/mol. The molecule has 0 aromatic heterocycles. The molecule has 0 radical (unpaired) electrons. The van der Waals surface area contributed by atoms with Crippen LogP contribution in [-0.4, -0.2) is 94.8 Å². The van der Waals surface area contributed by atoms with E-state index in [1.807, 2.05) is 0 Å². The third-order valence-corrected chi connectivity index (χ3v) is 5.05. The van der Waals surface area contributed by atoms with Crippen molar-refractivity contribution in [1.82, 2.24) is 16.0 Å². The average Bonchev–Trinajstić information content (AvgIpc) is 2.79. The first-order valence-corrected chi connectivity index (χ1v) is 11.7. The number of carboxylic acids is 2. The number of nitrogens with two attached hydrogens (primary N) is 5. The molecule has 37 heavy (non-hydrogen) atoms. The Morgan fingerprint density at radius 2 is 1.14 bits per heavy atom. The predicted molar refractivity (Wildman–Crippen MR) is 137 cm³/mol. The minimum Gasteiger partial charge on any atom is -0.481 e. The van der Waals surface area contributed by atoms with E-state index < -0.39 is 60.2 Å². The SMILES string of the molecule is NC(N)=NCCCC(NC(=O)C(N)CC(=O)O)C(=O)NC(CCCN=C(N)N)C(=O)NC(CS)C(=O)O. The van der Waals surface area contributed by atoms with Crippen LogP contribution in [0.25, 0.3) is 0 Å². The molecular formula is C19H36N10O7S. The van der Waals surface area contributed by atoms with Crippen molar-refractivity contribution in [1.29, 1.82) is 0 Å². The Kier molecular flexibility index (Phi) is 15.8. The molecule has 4 atom stereocenters. The number of aliphatic carboxylic acids is 2. The van der Waals surface area contributed by atoms with Gasteiger partial charge >= 0.3 is 11.9 Å². The second kappa shape index (κ2) is 17.6. The highest BCUT2D eigenvalue weighted by atomic mass is 32.1. The van der Waals surface area contributed by atoms with Gasteiger partial charge in [-0.15, -0.1) is 0 Å². The Bertz CT molecular complexity index is 862. The standard InChI is InChI=1S/C19H36N10O7S/c20-9(7-13(30)31)14(32)27-10(3-1-5-25-18(21)22)15(33)28-11(4-2-6-26-19(23)24)16(34)29-12(8-37)17(35)36/h9-12,37H,1-8,20H2,(H,27,32)(H,28,33)(H,29,34)(H,30,31)(H,35,36)(H4,21,22,25)(H4,23,24,26). The molecule has 0 saturated carbocycles. The van der Waals surface area contributed by atoms with Crippen molar-refractivity contribution < 1.29 is 34.2 Å². The van der Waals surface area contributed by atoms with Gasteiger partial charge in [0.1, 0.15) is 18.1 Å². The van der Waals surface area contributed by atoms with Crippen LogP contribution in [0.4, 0.5) is 0 Å². The first-order valence-electron chi connectivity index (χ1n) is 11.1. The Morgan fingerprint density at radius 1 is 0.730 bits per heavy atom. The van der Waals surface area contributed by atoms with Crippen molar-refractivity contribution >= 4 is 54.2 Å². The summed E-state index contributed by atoms with van der Waals surface area (Å²) in [6.07, 6.45) is -0.192. The van der Waals surface area contributed by atoms with Crippen molar-refractivity contribution in [2.24, 2.45) is 38.7 Å². The van der Waals surface area contributed by atoms with Gasteiger partial charge in [-0.05, 0) is 25.7 Å². The van der Waals surface area contributed by atoms with Crippen molar-refractivity contribution in [3.8, 4) is 0 Å². The van der Waals surface area contributed by atoms with Gasteiger partial charge in [0.15, 0.2) is 11.9 Å². The van der Waals surface area contributed by atoms with Gasteiger partial charge in [-0.3, -0.25) is 29.2 Å². The summed E-state index contributed by atoms with van der Waals surface area (Å²) in [7, 11) is 0. The molecule has 0 spiro atoms. The van der Waals surface area contributed by atoms with Crippen LogP contribution in [0.1, 0.15) is 32.1 Å². The second-order valence-electron chi connectivity index (χ2n) is 7.81. The number of thiol groups is 1. The van der Waals surface area contributed by atoms with Crippen LogP contribution in [0.2, 0.25) is 0 Å². The molecule has 0 aliphatic heterocycles. The summed E-state index contributed by atoms with van der Waals surface area (Å²) in [5.74, 6) is -5.72. The molecule has 0 aliphatic rings. The number of carbonyl (C=O) groups excluding carboxylic acids is 3. The molecular weight excluding hydrogens is 512 g/mol. The minimum atomic E-state index is -1.43. The van der Waals surface area contributed by atoms with Gasteiger partial charge in [0, 0.05) is 18.8 Å². The number of nitrogens with one attached hydrogen (secondary N) is 3.